The second-order valence-electron chi connectivity index (χ2n) is 4.41. The van der Waals surface area contributed by atoms with E-state index in [4.69, 9.17) is 29.6 Å². The minimum absolute atomic E-state index is 0.333. The highest BCUT2D eigenvalue weighted by molar-refractivity contribution is 7.80. The molecular weight excluding hydrogens is 298 g/mol. The number of nitrogens with two attached hydrogens (primary N) is 1. The summed E-state index contributed by atoms with van der Waals surface area (Å²) in [4.78, 5) is 4.85. The molecule has 0 unspecified atom stereocenters. The Morgan fingerprint density at radius 3 is 2.79 bits per heavy atom. The summed E-state index contributed by atoms with van der Waals surface area (Å²) in [5.41, 5.74) is 8.31. The predicted molar refractivity (Wildman–Crippen MR) is 86.8 cm³/mol. The second kappa shape index (κ2) is 5.86. The molecule has 0 spiro atoms. The van der Waals surface area contributed by atoms with Crippen LogP contribution in [0.2, 0.25) is 5.02 Å². The fourth-order valence-electron chi connectivity index (χ4n) is 1.56. The van der Waals surface area contributed by atoms with Gasteiger partial charge in [-0.1, -0.05) is 37.7 Å². The summed E-state index contributed by atoms with van der Waals surface area (Å²) in [5, 5.41) is 6.70. The van der Waals surface area contributed by atoms with Crippen LogP contribution < -0.4 is 11.1 Å². The first-order chi connectivity index (χ1) is 8.97. The first-order valence-corrected chi connectivity index (χ1v) is 7.45. The highest BCUT2D eigenvalue weighted by Gasteiger charge is 2.10. The summed E-state index contributed by atoms with van der Waals surface area (Å²) in [7, 11) is 0. The van der Waals surface area contributed by atoms with Crippen LogP contribution in [0.15, 0.2) is 23.6 Å². The van der Waals surface area contributed by atoms with Crippen LogP contribution in [0, 0.1) is 0 Å². The van der Waals surface area contributed by atoms with Gasteiger partial charge in [0.1, 0.15) is 4.99 Å². The molecule has 1 heterocycles. The van der Waals surface area contributed by atoms with Gasteiger partial charge in [0.2, 0.25) is 0 Å². The number of anilines is 2. The summed E-state index contributed by atoms with van der Waals surface area (Å²) in [6.45, 7) is 4.22. The normalized spacial score (nSPS) is 10.7. The van der Waals surface area contributed by atoms with Crippen LogP contribution in [-0.4, -0.2) is 9.97 Å². The lowest BCUT2D eigenvalue weighted by Crippen LogP contribution is -2.11. The Kier molecular flexibility index (Phi) is 4.39. The zero-order valence-corrected chi connectivity index (χ0v) is 13.0. The van der Waals surface area contributed by atoms with Crippen molar-refractivity contribution in [2.75, 3.05) is 5.32 Å². The van der Waals surface area contributed by atoms with Gasteiger partial charge in [0.15, 0.2) is 5.13 Å². The topological polar surface area (TPSA) is 50.9 Å². The van der Waals surface area contributed by atoms with Crippen LogP contribution in [0.4, 0.5) is 10.8 Å². The smallest absolute Gasteiger partial charge is 0.187 e. The van der Waals surface area contributed by atoms with Gasteiger partial charge in [0.25, 0.3) is 0 Å². The van der Waals surface area contributed by atoms with Crippen molar-refractivity contribution in [1.82, 2.24) is 4.98 Å². The van der Waals surface area contributed by atoms with Crippen molar-refractivity contribution in [3.8, 4) is 0 Å². The average Bonchev–Trinajstić information content (AvgIpc) is 2.77. The highest BCUT2D eigenvalue weighted by Crippen LogP contribution is 2.28. The molecule has 2 rings (SSSR count). The van der Waals surface area contributed by atoms with Gasteiger partial charge >= 0.3 is 0 Å². The Bertz CT molecular complexity index is 608. The van der Waals surface area contributed by atoms with E-state index in [1.807, 2.05) is 11.4 Å². The van der Waals surface area contributed by atoms with Crippen molar-refractivity contribution in [1.29, 1.82) is 0 Å². The fraction of sp³-hybridized carbons (Fsp3) is 0.231. The molecule has 6 heteroatoms. The second-order valence-corrected chi connectivity index (χ2v) is 6.15. The quantitative estimate of drug-likeness (QED) is 0.827. The third-order valence-corrected chi connectivity index (χ3v) is 3.83. The van der Waals surface area contributed by atoms with E-state index in [0.29, 0.717) is 15.9 Å². The van der Waals surface area contributed by atoms with E-state index in [0.717, 1.165) is 22.1 Å². The maximum absolute atomic E-state index is 6.00. The van der Waals surface area contributed by atoms with Crippen molar-refractivity contribution < 1.29 is 0 Å². The van der Waals surface area contributed by atoms with Crippen molar-refractivity contribution in [3.05, 3.63) is 39.9 Å². The van der Waals surface area contributed by atoms with Crippen molar-refractivity contribution in [2.24, 2.45) is 5.73 Å². The van der Waals surface area contributed by atoms with Crippen LogP contribution >= 0.6 is 35.2 Å². The van der Waals surface area contributed by atoms with E-state index in [9.17, 15) is 0 Å². The Morgan fingerprint density at radius 1 is 1.47 bits per heavy atom. The molecule has 0 aliphatic rings. The largest absolute Gasteiger partial charge is 0.389 e. The molecule has 0 bridgehead atoms. The molecule has 3 N–H and O–H groups in total. The molecule has 0 saturated heterocycles. The van der Waals surface area contributed by atoms with Gasteiger partial charge < -0.3 is 11.1 Å². The minimum Gasteiger partial charge on any atom is -0.389 e. The molecule has 0 aliphatic carbocycles. The maximum Gasteiger partial charge on any atom is 0.187 e. The molecule has 1 aromatic heterocycles. The first kappa shape index (κ1) is 14.2. The Balaban J connectivity index is 2.31. The predicted octanol–water partition coefficient (Wildman–Crippen LogP) is 4.30. The van der Waals surface area contributed by atoms with E-state index < -0.39 is 0 Å². The number of rotatable bonds is 4. The fourth-order valence-corrected chi connectivity index (χ4v) is 2.79. The molecule has 0 atom stereocenters. The molecule has 0 aliphatic heterocycles. The standard InChI is InChI=1S/C13H14ClN3S2/c1-7(2)11-6-19-13(17-11)16-10-5-8(14)3-4-9(10)12(15)18/h3-7H,1-2H3,(H2,15,18)(H,16,17). The van der Waals surface area contributed by atoms with Crippen LogP contribution in [0.5, 0.6) is 0 Å². The van der Waals surface area contributed by atoms with Crippen LogP contribution in [0.1, 0.15) is 31.0 Å². The Hall–Kier alpha value is -1.17. The average molecular weight is 312 g/mol. The van der Waals surface area contributed by atoms with Gasteiger partial charge in [-0.15, -0.1) is 11.3 Å². The zero-order valence-electron chi connectivity index (χ0n) is 10.6. The number of nitrogens with zero attached hydrogens (tertiary/aromatic N) is 1. The van der Waals surface area contributed by atoms with Gasteiger partial charge in [-0.25, -0.2) is 4.98 Å². The summed E-state index contributed by atoms with van der Waals surface area (Å²) in [6.07, 6.45) is 0. The molecule has 100 valence electrons. The minimum atomic E-state index is 0.333. The number of nitrogens with one attached hydrogen (secondary N) is 1. The molecule has 0 amide bonds. The van der Waals surface area contributed by atoms with E-state index >= 15 is 0 Å². The van der Waals surface area contributed by atoms with Gasteiger partial charge in [-0.3, -0.25) is 0 Å². The number of aromatic nitrogens is 1. The molecule has 2 aromatic rings. The van der Waals surface area contributed by atoms with E-state index in [1.54, 1.807) is 23.5 Å². The lowest BCUT2D eigenvalue weighted by atomic mass is 10.2. The van der Waals surface area contributed by atoms with Crippen molar-refractivity contribution in [2.45, 2.75) is 19.8 Å². The third-order valence-electron chi connectivity index (χ3n) is 2.60. The highest BCUT2D eigenvalue weighted by atomic mass is 35.5. The van der Waals surface area contributed by atoms with Gasteiger partial charge in [-0.2, -0.15) is 0 Å². The lowest BCUT2D eigenvalue weighted by Gasteiger charge is -2.09. The van der Waals surface area contributed by atoms with Crippen LogP contribution in [-0.2, 0) is 0 Å². The number of thiocarbonyl (C=S) groups is 1. The van der Waals surface area contributed by atoms with Gasteiger partial charge in [-0.05, 0) is 24.1 Å². The van der Waals surface area contributed by atoms with E-state index in [1.165, 1.54) is 0 Å². The summed E-state index contributed by atoms with van der Waals surface area (Å²) in [6, 6.07) is 5.37. The van der Waals surface area contributed by atoms with Crippen LogP contribution in [0.25, 0.3) is 0 Å². The number of halogens is 1. The van der Waals surface area contributed by atoms with E-state index in [-0.39, 0.29) is 0 Å². The van der Waals surface area contributed by atoms with Crippen molar-refractivity contribution in [3.63, 3.8) is 0 Å². The third kappa shape index (κ3) is 3.43. The summed E-state index contributed by atoms with van der Waals surface area (Å²) < 4.78 is 0. The number of hydrogen-bond donors (Lipinski definition) is 2. The SMILES string of the molecule is CC(C)c1csc(Nc2cc(Cl)ccc2C(N)=S)n1. The molecule has 0 fully saturated rings. The molecule has 0 saturated carbocycles. The Morgan fingerprint density at radius 2 is 2.21 bits per heavy atom. The first-order valence-electron chi connectivity index (χ1n) is 5.79. The molecule has 0 radical (unpaired) electrons. The van der Waals surface area contributed by atoms with E-state index in [2.05, 4.69) is 24.1 Å². The zero-order chi connectivity index (χ0) is 14.0. The number of thiazole rings is 1. The number of benzene rings is 1. The van der Waals surface area contributed by atoms with Crippen LogP contribution in [0.3, 0.4) is 0 Å². The lowest BCUT2D eigenvalue weighted by molar-refractivity contribution is 0.834. The van der Waals surface area contributed by atoms with Gasteiger partial charge in [0, 0.05) is 16.0 Å². The van der Waals surface area contributed by atoms with Gasteiger partial charge in [0.05, 0.1) is 11.4 Å². The molecule has 19 heavy (non-hydrogen) atoms. The molecule has 1 aromatic carbocycles. The van der Waals surface area contributed by atoms with Crippen molar-refractivity contribution >= 4 is 51.0 Å². The maximum atomic E-state index is 6.00. The Labute approximate surface area is 126 Å². The number of hydrogen-bond acceptors (Lipinski definition) is 4. The summed E-state index contributed by atoms with van der Waals surface area (Å²) in [5.74, 6) is 0.404. The summed E-state index contributed by atoms with van der Waals surface area (Å²) >= 11 is 12.6. The molecule has 3 nitrogen and oxygen atoms in total. The monoisotopic (exact) mass is 311 g/mol. The molecular formula is C13H14ClN3S2.